The number of rotatable bonds is 4. The monoisotopic (exact) mass is 293 g/mol. The van der Waals surface area contributed by atoms with Crippen LogP contribution in [-0.2, 0) is 11.3 Å². The van der Waals surface area contributed by atoms with Gasteiger partial charge < -0.3 is 20.1 Å². The van der Waals surface area contributed by atoms with Crippen molar-refractivity contribution in [2.24, 2.45) is 0 Å². The van der Waals surface area contributed by atoms with Crippen LogP contribution in [0.4, 0.5) is 0 Å². The van der Waals surface area contributed by atoms with Crippen LogP contribution in [0, 0.1) is 0 Å². The number of nitrogens with zero attached hydrogens (tertiary/aromatic N) is 1. The van der Waals surface area contributed by atoms with Gasteiger partial charge in [-0.25, -0.2) is 0 Å². The van der Waals surface area contributed by atoms with E-state index in [4.69, 9.17) is 4.74 Å². The number of fused-ring (bicyclic) bond motifs is 1. The predicted octanol–water partition coefficient (Wildman–Crippen LogP) is 0.132. The van der Waals surface area contributed by atoms with Crippen LogP contribution in [0.15, 0.2) is 30.3 Å². The molecule has 21 heavy (non-hydrogen) atoms. The van der Waals surface area contributed by atoms with Gasteiger partial charge in [0.15, 0.2) is 0 Å². The van der Waals surface area contributed by atoms with Crippen molar-refractivity contribution in [3.05, 3.63) is 35.9 Å². The molecular formula is C16H23NO4. The Morgan fingerprint density at radius 2 is 1.81 bits per heavy atom. The molecule has 0 spiro atoms. The molecular weight excluding hydrogens is 270 g/mol. The van der Waals surface area contributed by atoms with Crippen molar-refractivity contribution < 1.29 is 20.1 Å². The fourth-order valence-corrected chi connectivity index (χ4v) is 3.48. The summed E-state index contributed by atoms with van der Waals surface area (Å²) in [6.07, 6.45) is -0.741. The van der Waals surface area contributed by atoms with Gasteiger partial charge in [-0.15, -0.1) is 0 Å². The first-order chi connectivity index (χ1) is 10.2. The zero-order chi connectivity index (χ0) is 14.8. The lowest BCUT2D eigenvalue weighted by atomic mass is 9.92. The van der Waals surface area contributed by atoms with Gasteiger partial charge in [0.25, 0.3) is 0 Å². The summed E-state index contributed by atoms with van der Waals surface area (Å²) < 4.78 is 5.79. The third-order valence-corrected chi connectivity index (χ3v) is 4.61. The van der Waals surface area contributed by atoms with Crippen LogP contribution in [0.2, 0.25) is 0 Å². The number of aliphatic hydroxyl groups is 3. The van der Waals surface area contributed by atoms with Gasteiger partial charge in [0.1, 0.15) is 0 Å². The molecule has 0 saturated carbocycles. The summed E-state index contributed by atoms with van der Waals surface area (Å²) in [4.78, 5) is 2.01. The minimum atomic E-state index is -0.864. The van der Waals surface area contributed by atoms with Gasteiger partial charge in [-0.2, -0.15) is 0 Å². The molecule has 3 rings (SSSR count). The van der Waals surface area contributed by atoms with Crippen LogP contribution in [-0.4, -0.2) is 63.8 Å². The molecule has 3 unspecified atom stereocenters. The first kappa shape index (κ1) is 14.9. The summed E-state index contributed by atoms with van der Waals surface area (Å²) in [6.45, 7) is 1.52. The Hall–Kier alpha value is -0.980. The van der Waals surface area contributed by atoms with Crippen LogP contribution in [0.5, 0.6) is 0 Å². The van der Waals surface area contributed by atoms with Crippen LogP contribution >= 0.6 is 0 Å². The van der Waals surface area contributed by atoms with E-state index in [1.165, 1.54) is 0 Å². The van der Waals surface area contributed by atoms with E-state index in [1.807, 2.05) is 35.2 Å². The van der Waals surface area contributed by atoms with Gasteiger partial charge >= 0.3 is 0 Å². The maximum absolute atomic E-state index is 10.0. The second-order valence-corrected chi connectivity index (χ2v) is 6.04. The summed E-state index contributed by atoms with van der Waals surface area (Å²) >= 11 is 0. The summed E-state index contributed by atoms with van der Waals surface area (Å²) in [5.74, 6) is 0. The van der Waals surface area contributed by atoms with Crippen molar-refractivity contribution in [3.8, 4) is 0 Å². The standard InChI is InChI=1S/C16H23NO4/c18-13-7-6-12(17-8-14(19)16(20)15(13)17)10-21-9-11-4-2-1-3-5-11/h1-5,12-16,18-20H,6-10H2/t12?,13?,14-,15+,16?/m0/s1. The summed E-state index contributed by atoms with van der Waals surface area (Å²) in [6, 6.07) is 9.78. The Morgan fingerprint density at radius 3 is 2.57 bits per heavy atom. The third-order valence-electron chi connectivity index (χ3n) is 4.61. The van der Waals surface area contributed by atoms with E-state index >= 15 is 0 Å². The second-order valence-electron chi connectivity index (χ2n) is 6.04. The van der Waals surface area contributed by atoms with Crippen LogP contribution in [0.1, 0.15) is 18.4 Å². The molecule has 2 heterocycles. The number of benzene rings is 1. The molecule has 2 fully saturated rings. The SMILES string of the molecule is OC1CCC(COCc2ccccc2)N2C[C@H](O)C(O)[C@@H]12. The fourth-order valence-electron chi connectivity index (χ4n) is 3.48. The number of piperidine rings is 1. The van der Waals surface area contributed by atoms with Crippen molar-refractivity contribution in [2.45, 2.75) is 49.8 Å². The summed E-state index contributed by atoms with van der Waals surface area (Å²) in [5, 5.41) is 29.9. The smallest absolute Gasteiger partial charge is 0.0991 e. The van der Waals surface area contributed by atoms with Gasteiger partial charge in [-0.1, -0.05) is 30.3 Å². The lowest BCUT2D eigenvalue weighted by molar-refractivity contribution is -0.0626. The molecule has 2 aliphatic rings. The van der Waals surface area contributed by atoms with Gasteiger partial charge in [-0.05, 0) is 18.4 Å². The fraction of sp³-hybridized carbons (Fsp3) is 0.625. The molecule has 0 radical (unpaired) electrons. The molecule has 0 aromatic heterocycles. The lowest BCUT2D eigenvalue weighted by Gasteiger charge is -2.40. The zero-order valence-corrected chi connectivity index (χ0v) is 12.0. The van der Waals surface area contributed by atoms with Crippen LogP contribution in [0.3, 0.4) is 0 Å². The van der Waals surface area contributed by atoms with Gasteiger partial charge in [0, 0.05) is 12.6 Å². The molecule has 5 heteroatoms. The highest BCUT2D eigenvalue weighted by Gasteiger charge is 2.48. The van der Waals surface area contributed by atoms with Crippen LogP contribution < -0.4 is 0 Å². The predicted molar refractivity (Wildman–Crippen MR) is 77.6 cm³/mol. The van der Waals surface area contributed by atoms with Gasteiger partial charge in [-0.3, -0.25) is 4.90 Å². The summed E-state index contributed by atoms with van der Waals surface area (Å²) in [5.41, 5.74) is 1.13. The molecule has 2 aliphatic heterocycles. The molecule has 3 N–H and O–H groups in total. The normalized spacial score (nSPS) is 36.6. The Kier molecular flexibility index (Phi) is 4.57. The van der Waals surface area contributed by atoms with Crippen LogP contribution in [0.25, 0.3) is 0 Å². The Morgan fingerprint density at radius 1 is 1.05 bits per heavy atom. The number of hydrogen-bond acceptors (Lipinski definition) is 5. The molecule has 0 aliphatic carbocycles. The van der Waals surface area contributed by atoms with Gasteiger partial charge in [0.05, 0.1) is 37.6 Å². The topological polar surface area (TPSA) is 73.2 Å². The maximum Gasteiger partial charge on any atom is 0.0991 e. The quantitative estimate of drug-likeness (QED) is 0.736. The molecule has 1 aromatic carbocycles. The maximum atomic E-state index is 10.0. The molecule has 0 bridgehead atoms. The lowest BCUT2D eigenvalue weighted by Crippen LogP contribution is -2.54. The Bertz CT molecular complexity index is 455. The highest BCUT2D eigenvalue weighted by atomic mass is 16.5. The average Bonchev–Trinajstić information content (AvgIpc) is 2.79. The molecule has 1 aromatic rings. The van der Waals surface area contributed by atoms with E-state index < -0.39 is 18.3 Å². The van der Waals surface area contributed by atoms with Gasteiger partial charge in [0.2, 0.25) is 0 Å². The van der Waals surface area contributed by atoms with E-state index in [9.17, 15) is 15.3 Å². The van der Waals surface area contributed by atoms with Crippen molar-refractivity contribution in [1.82, 2.24) is 4.90 Å². The minimum Gasteiger partial charge on any atom is -0.391 e. The molecule has 116 valence electrons. The Labute approximate surface area is 124 Å². The first-order valence-corrected chi connectivity index (χ1v) is 7.58. The molecule has 5 atom stereocenters. The van der Waals surface area contributed by atoms with E-state index in [2.05, 4.69) is 0 Å². The molecule has 2 saturated heterocycles. The van der Waals surface area contributed by atoms with E-state index in [-0.39, 0.29) is 12.1 Å². The zero-order valence-electron chi connectivity index (χ0n) is 12.0. The van der Waals surface area contributed by atoms with E-state index in [0.717, 1.165) is 12.0 Å². The molecule has 0 amide bonds. The summed E-state index contributed by atoms with van der Waals surface area (Å²) in [7, 11) is 0. The van der Waals surface area contributed by atoms with Crippen molar-refractivity contribution in [2.75, 3.05) is 13.2 Å². The highest BCUT2D eigenvalue weighted by Crippen LogP contribution is 2.32. The van der Waals surface area contributed by atoms with E-state index in [1.54, 1.807) is 0 Å². The van der Waals surface area contributed by atoms with Crippen molar-refractivity contribution in [3.63, 3.8) is 0 Å². The number of ether oxygens (including phenoxy) is 1. The van der Waals surface area contributed by atoms with Crippen molar-refractivity contribution >= 4 is 0 Å². The van der Waals surface area contributed by atoms with Crippen molar-refractivity contribution in [1.29, 1.82) is 0 Å². The Balaban J connectivity index is 1.56. The third kappa shape index (κ3) is 3.12. The van der Waals surface area contributed by atoms with E-state index in [0.29, 0.717) is 26.2 Å². The minimum absolute atomic E-state index is 0.147. The number of hydrogen-bond donors (Lipinski definition) is 3. The largest absolute Gasteiger partial charge is 0.391 e. The highest BCUT2D eigenvalue weighted by molar-refractivity contribution is 5.13. The average molecular weight is 293 g/mol. The number of aliphatic hydroxyl groups excluding tert-OH is 3. The molecule has 5 nitrogen and oxygen atoms in total. The first-order valence-electron chi connectivity index (χ1n) is 7.58. The second kappa shape index (κ2) is 6.42.